The zero-order valence-electron chi connectivity index (χ0n) is 9.82. The van der Waals surface area contributed by atoms with Gasteiger partial charge in [0.1, 0.15) is 6.04 Å². The second-order valence-electron chi connectivity index (χ2n) is 4.35. The molecule has 1 unspecified atom stereocenters. The van der Waals surface area contributed by atoms with Crippen LogP contribution in [0.15, 0.2) is 18.2 Å². The minimum Gasteiger partial charge on any atom is -0.480 e. The molecule has 0 aromatic heterocycles. The first-order chi connectivity index (χ1) is 8.99. The van der Waals surface area contributed by atoms with E-state index in [2.05, 4.69) is 10.6 Å². The summed E-state index contributed by atoms with van der Waals surface area (Å²) in [6.45, 7) is 0. The lowest BCUT2D eigenvalue weighted by molar-refractivity contribution is -0.139. The van der Waals surface area contributed by atoms with Crippen LogP contribution in [-0.2, 0) is 4.79 Å². The minimum atomic E-state index is -1.09. The molecule has 1 aliphatic rings. The van der Waals surface area contributed by atoms with E-state index >= 15 is 0 Å². The molecule has 19 heavy (non-hydrogen) atoms. The van der Waals surface area contributed by atoms with Crippen molar-refractivity contribution >= 4 is 29.3 Å². The summed E-state index contributed by atoms with van der Waals surface area (Å²) >= 11 is 5.57. The predicted molar refractivity (Wildman–Crippen MR) is 67.7 cm³/mol. The molecule has 0 aliphatic heterocycles. The van der Waals surface area contributed by atoms with Gasteiger partial charge >= 0.3 is 12.0 Å². The molecule has 1 saturated carbocycles. The fourth-order valence-electron chi connectivity index (χ4n) is 1.71. The van der Waals surface area contributed by atoms with Crippen LogP contribution in [0.4, 0.5) is 14.9 Å². The summed E-state index contributed by atoms with van der Waals surface area (Å²) in [7, 11) is 0. The van der Waals surface area contributed by atoms with Gasteiger partial charge in [0, 0.05) is 0 Å². The highest BCUT2D eigenvalue weighted by atomic mass is 35.5. The van der Waals surface area contributed by atoms with Crippen LogP contribution in [0.5, 0.6) is 0 Å². The van der Waals surface area contributed by atoms with E-state index in [9.17, 15) is 14.0 Å². The van der Waals surface area contributed by atoms with Crippen LogP contribution in [0, 0.1) is 11.7 Å². The third-order valence-electron chi connectivity index (χ3n) is 2.85. The monoisotopic (exact) mass is 286 g/mol. The van der Waals surface area contributed by atoms with Gasteiger partial charge in [0.05, 0.1) is 10.7 Å². The number of amides is 2. The Morgan fingerprint density at radius 3 is 2.68 bits per heavy atom. The molecule has 1 aromatic rings. The van der Waals surface area contributed by atoms with Gasteiger partial charge in [-0.3, -0.25) is 0 Å². The second kappa shape index (κ2) is 5.44. The molecule has 2 amide bonds. The summed E-state index contributed by atoms with van der Waals surface area (Å²) in [5, 5.41) is 13.4. The third-order valence-corrected chi connectivity index (χ3v) is 3.14. The van der Waals surface area contributed by atoms with Crippen molar-refractivity contribution in [2.24, 2.45) is 5.92 Å². The van der Waals surface area contributed by atoms with Gasteiger partial charge in [-0.2, -0.15) is 0 Å². The number of halogens is 2. The topological polar surface area (TPSA) is 78.4 Å². The van der Waals surface area contributed by atoms with E-state index in [0.717, 1.165) is 12.8 Å². The number of carbonyl (C=O) groups is 2. The highest BCUT2D eigenvalue weighted by Gasteiger charge is 2.37. The van der Waals surface area contributed by atoms with E-state index in [-0.39, 0.29) is 16.6 Å². The molecule has 2 rings (SSSR count). The van der Waals surface area contributed by atoms with Crippen LogP contribution in [0.25, 0.3) is 0 Å². The molecule has 1 fully saturated rings. The molecular weight excluding hydrogens is 275 g/mol. The molecule has 1 aliphatic carbocycles. The number of anilines is 1. The van der Waals surface area contributed by atoms with Crippen molar-refractivity contribution in [3.05, 3.63) is 29.0 Å². The molecule has 0 spiro atoms. The van der Waals surface area contributed by atoms with Gasteiger partial charge in [0.15, 0.2) is 5.82 Å². The Hall–Kier alpha value is -1.82. The highest BCUT2D eigenvalue weighted by Crippen LogP contribution is 2.32. The zero-order valence-corrected chi connectivity index (χ0v) is 10.6. The standard InChI is InChI=1S/C12H12ClFN2O3/c13-7-2-1-3-8(9(7)14)15-12(19)16-10(11(17)18)6-4-5-6/h1-3,6,10H,4-5H2,(H,17,18)(H2,15,16,19). The fraction of sp³-hybridized carbons (Fsp3) is 0.333. The van der Waals surface area contributed by atoms with Crippen molar-refractivity contribution < 1.29 is 19.1 Å². The summed E-state index contributed by atoms with van der Waals surface area (Å²) in [6.07, 6.45) is 1.53. The van der Waals surface area contributed by atoms with Crippen LogP contribution in [0.3, 0.4) is 0 Å². The number of hydrogen-bond acceptors (Lipinski definition) is 2. The Labute approximate surface area is 113 Å². The van der Waals surface area contributed by atoms with E-state index in [4.69, 9.17) is 16.7 Å². The summed E-state index contributed by atoms with van der Waals surface area (Å²) in [4.78, 5) is 22.6. The van der Waals surface area contributed by atoms with Crippen LogP contribution in [0.1, 0.15) is 12.8 Å². The second-order valence-corrected chi connectivity index (χ2v) is 4.76. The molecule has 7 heteroatoms. The van der Waals surface area contributed by atoms with Gasteiger partial charge < -0.3 is 15.7 Å². The smallest absolute Gasteiger partial charge is 0.326 e. The van der Waals surface area contributed by atoms with Crippen molar-refractivity contribution in [1.29, 1.82) is 0 Å². The van der Waals surface area contributed by atoms with Crippen LogP contribution in [0.2, 0.25) is 5.02 Å². The lowest BCUT2D eigenvalue weighted by atomic mass is 10.2. The Kier molecular flexibility index (Phi) is 3.90. The lowest BCUT2D eigenvalue weighted by Gasteiger charge is -2.14. The number of carbonyl (C=O) groups excluding carboxylic acids is 1. The number of nitrogens with one attached hydrogen (secondary N) is 2. The van der Waals surface area contributed by atoms with E-state index in [1.807, 2.05) is 0 Å². The van der Waals surface area contributed by atoms with Gasteiger partial charge in [-0.25, -0.2) is 14.0 Å². The van der Waals surface area contributed by atoms with Gasteiger partial charge in [0.25, 0.3) is 0 Å². The molecule has 102 valence electrons. The number of rotatable bonds is 4. The zero-order chi connectivity index (χ0) is 14.0. The average molecular weight is 287 g/mol. The molecule has 0 bridgehead atoms. The van der Waals surface area contributed by atoms with Crippen LogP contribution >= 0.6 is 11.6 Å². The maximum atomic E-state index is 13.5. The van der Waals surface area contributed by atoms with Gasteiger partial charge in [-0.15, -0.1) is 0 Å². The quantitative estimate of drug-likeness (QED) is 0.795. The molecule has 0 radical (unpaired) electrons. The number of urea groups is 1. The summed E-state index contributed by atoms with van der Waals surface area (Å²) in [6, 6.07) is 2.47. The largest absolute Gasteiger partial charge is 0.480 e. The fourth-order valence-corrected chi connectivity index (χ4v) is 1.89. The molecule has 5 nitrogen and oxygen atoms in total. The van der Waals surface area contributed by atoms with E-state index < -0.39 is 23.9 Å². The molecular formula is C12H12ClFN2O3. The van der Waals surface area contributed by atoms with Crippen molar-refractivity contribution in [1.82, 2.24) is 5.32 Å². The Morgan fingerprint density at radius 1 is 1.42 bits per heavy atom. The summed E-state index contributed by atoms with van der Waals surface area (Å²) in [5.41, 5.74) is -0.0927. The Balaban J connectivity index is 2.00. The van der Waals surface area contributed by atoms with Gasteiger partial charge in [0.2, 0.25) is 0 Å². The number of aliphatic carboxylic acids is 1. The molecule has 1 atom stereocenters. The first-order valence-electron chi connectivity index (χ1n) is 5.73. The van der Waals surface area contributed by atoms with Crippen LogP contribution < -0.4 is 10.6 Å². The number of hydrogen-bond donors (Lipinski definition) is 3. The van der Waals surface area contributed by atoms with Crippen molar-refractivity contribution in [3.8, 4) is 0 Å². The summed E-state index contributed by atoms with van der Waals surface area (Å²) in [5.74, 6) is -1.89. The van der Waals surface area contributed by atoms with E-state index in [1.54, 1.807) is 0 Å². The van der Waals surface area contributed by atoms with Crippen LogP contribution in [-0.4, -0.2) is 23.1 Å². The Morgan fingerprint density at radius 2 is 2.11 bits per heavy atom. The van der Waals surface area contributed by atoms with E-state index in [1.165, 1.54) is 18.2 Å². The highest BCUT2D eigenvalue weighted by molar-refractivity contribution is 6.31. The normalized spacial score (nSPS) is 15.7. The maximum Gasteiger partial charge on any atom is 0.326 e. The maximum absolute atomic E-state index is 13.5. The van der Waals surface area contributed by atoms with Crippen molar-refractivity contribution in [3.63, 3.8) is 0 Å². The van der Waals surface area contributed by atoms with Gasteiger partial charge in [-0.05, 0) is 30.9 Å². The molecule has 0 heterocycles. The van der Waals surface area contributed by atoms with E-state index in [0.29, 0.717) is 0 Å². The minimum absolute atomic E-state index is 0.0486. The number of benzene rings is 1. The first-order valence-corrected chi connectivity index (χ1v) is 6.11. The SMILES string of the molecule is O=C(Nc1cccc(Cl)c1F)NC(C(=O)O)C1CC1. The molecule has 1 aromatic carbocycles. The Bertz CT molecular complexity index is 520. The summed E-state index contributed by atoms with van der Waals surface area (Å²) < 4.78 is 13.5. The van der Waals surface area contributed by atoms with Crippen molar-refractivity contribution in [2.75, 3.05) is 5.32 Å². The van der Waals surface area contributed by atoms with Crippen molar-refractivity contribution in [2.45, 2.75) is 18.9 Å². The number of carboxylic acid groups (broad SMARTS) is 1. The molecule has 0 saturated heterocycles. The average Bonchev–Trinajstić information content (AvgIpc) is 3.16. The first kappa shape index (κ1) is 13.6. The molecule has 3 N–H and O–H groups in total. The lowest BCUT2D eigenvalue weighted by Crippen LogP contribution is -2.44. The number of carboxylic acids is 1. The third kappa shape index (κ3) is 3.35. The van der Waals surface area contributed by atoms with Gasteiger partial charge in [-0.1, -0.05) is 17.7 Å². The predicted octanol–water partition coefficient (Wildman–Crippen LogP) is 2.46.